The van der Waals surface area contributed by atoms with Gasteiger partial charge >= 0.3 is 0 Å². The lowest BCUT2D eigenvalue weighted by Gasteiger charge is -2.10. The van der Waals surface area contributed by atoms with E-state index in [4.69, 9.17) is 5.21 Å². The molecule has 2 N–H and O–H groups in total. The van der Waals surface area contributed by atoms with Crippen molar-refractivity contribution in [1.29, 1.82) is 0 Å². The Balaban J connectivity index is 2.10. The van der Waals surface area contributed by atoms with Crippen LogP contribution in [0.3, 0.4) is 0 Å². The maximum absolute atomic E-state index is 12.3. The first-order chi connectivity index (χ1) is 10.9. The molecule has 0 bridgehead atoms. The van der Waals surface area contributed by atoms with Crippen LogP contribution >= 0.6 is 11.8 Å². The topological polar surface area (TPSA) is 83.5 Å². The van der Waals surface area contributed by atoms with Gasteiger partial charge in [-0.3, -0.25) is 10.0 Å². The van der Waals surface area contributed by atoms with Crippen LogP contribution in [-0.2, 0) is 14.6 Å². The Morgan fingerprint density at radius 3 is 2.22 bits per heavy atom. The van der Waals surface area contributed by atoms with Gasteiger partial charge < -0.3 is 0 Å². The van der Waals surface area contributed by atoms with Crippen molar-refractivity contribution in [1.82, 2.24) is 5.48 Å². The van der Waals surface area contributed by atoms with Gasteiger partial charge in [0.2, 0.25) is 5.91 Å². The van der Waals surface area contributed by atoms with E-state index in [0.29, 0.717) is 0 Å². The van der Waals surface area contributed by atoms with Gasteiger partial charge in [-0.2, -0.15) is 0 Å². The zero-order chi connectivity index (χ0) is 16.9. The predicted molar refractivity (Wildman–Crippen MR) is 88.2 cm³/mol. The number of benzene rings is 2. The second-order valence-corrected chi connectivity index (χ2v) is 8.23. The summed E-state index contributed by atoms with van der Waals surface area (Å²) in [6.07, 6.45) is 0. The first-order valence-corrected chi connectivity index (χ1v) is 9.39. The van der Waals surface area contributed by atoms with Crippen LogP contribution in [0, 0.1) is 5.92 Å². The van der Waals surface area contributed by atoms with E-state index in [1.54, 1.807) is 12.1 Å². The highest BCUT2D eigenvalue weighted by molar-refractivity contribution is 7.99. The molecule has 0 saturated carbocycles. The molecule has 2 aromatic rings. The van der Waals surface area contributed by atoms with E-state index in [1.807, 2.05) is 30.3 Å². The van der Waals surface area contributed by atoms with E-state index in [9.17, 15) is 13.2 Å². The smallest absolute Gasteiger partial charge is 0.247 e. The molecule has 1 atom stereocenters. The Bertz CT molecular complexity index is 758. The molecule has 7 heteroatoms. The quantitative estimate of drug-likeness (QED) is 0.618. The van der Waals surface area contributed by atoms with Crippen molar-refractivity contribution < 1.29 is 18.4 Å². The predicted octanol–water partition coefficient (Wildman–Crippen LogP) is 2.75. The minimum atomic E-state index is -3.59. The molecule has 23 heavy (non-hydrogen) atoms. The summed E-state index contributed by atoms with van der Waals surface area (Å²) in [6.45, 7) is 1.45. The van der Waals surface area contributed by atoms with Crippen molar-refractivity contribution in [2.45, 2.75) is 21.6 Å². The summed E-state index contributed by atoms with van der Waals surface area (Å²) in [6, 6.07) is 16.3. The number of nitrogens with one attached hydrogen (secondary N) is 1. The number of hydrogen-bond acceptors (Lipinski definition) is 5. The third-order valence-electron chi connectivity index (χ3n) is 3.19. The van der Waals surface area contributed by atoms with E-state index in [0.717, 1.165) is 9.79 Å². The molecule has 0 fully saturated rings. The molecule has 5 nitrogen and oxygen atoms in total. The number of hydroxylamine groups is 1. The van der Waals surface area contributed by atoms with Gasteiger partial charge in [-0.05, 0) is 36.4 Å². The van der Waals surface area contributed by atoms with Crippen molar-refractivity contribution in [2.24, 2.45) is 5.92 Å². The molecule has 0 spiro atoms. The van der Waals surface area contributed by atoms with Gasteiger partial charge in [0, 0.05) is 9.79 Å². The maximum atomic E-state index is 12.3. The first kappa shape index (κ1) is 17.5. The van der Waals surface area contributed by atoms with Crippen LogP contribution in [0.5, 0.6) is 0 Å². The largest absolute Gasteiger partial charge is 0.289 e. The Labute approximate surface area is 139 Å². The summed E-state index contributed by atoms with van der Waals surface area (Å²) < 4.78 is 24.5. The molecular formula is C16H17NO4S2. The van der Waals surface area contributed by atoms with Crippen molar-refractivity contribution in [3.63, 3.8) is 0 Å². The van der Waals surface area contributed by atoms with Gasteiger partial charge in [0.15, 0.2) is 9.84 Å². The third kappa shape index (κ3) is 4.82. The Morgan fingerprint density at radius 2 is 1.65 bits per heavy atom. The molecule has 0 aliphatic rings. The van der Waals surface area contributed by atoms with Crippen molar-refractivity contribution in [3.8, 4) is 0 Å². The lowest BCUT2D eigenvalue weighted by Crippen LogP contribution is -2.30. The van der Waals surface area contributed by atoms with Crippen LogP contribution in [-0.4, -0.2) is 25.3 Å². The van der Waals surface area contributed by atoms with E-state index in [-0.39, 0.29) is 10.6 Å². The van der Waals surface area contributed by atoms with Crippen molar-refractivity contribution in [2.75, 3.05) is 5.75 Å². The highest BCUT2D eigenvalue weighted by Crippen LogP contribution is 2.28. The van der Waals surface area contributed by atoms with Crippen LogP contribution < -0.4 is 5.48 Å². The second-order valence-electron chi connectivity index (χ2n) is 5.05. The normalized spacial score (nSPS) is 12.6. The lowest BCUT2D eigenvalue weighted by atomic mass is 10.2. The monoisotopic (exact) mass is 351 g/mol. The molecular weight excluding hydrogens is 334 g/mol. The molecule has 0 aliphatic carbocycles. The number of carbonyl (C=O) groups excluding carboxylic acids is 1. The lowest BCUT2D eigenvalue weighted by molar-refractivity contribution is -0.132. The highest BCUT2D eigenvalue weighted by atomic mass is 32.2. The van der Waals surface area contributed by atoms with Crippen LogP contribution in [0.25, 0.3) is 0 Å². The molecule has 1 amide bonds. The summed E-state index contributed by atoms with van der Waals surface area (Å²) in [5.74, 6) is -1.90. The Morgan fingerprint density at radius 1 is 1.09 bits per heavy atom. The number of sulfone groups is 1. The zero-order valence-electron chi connectivity index (χ0n) is 12.5. The zero-order valence-corrected chi connectivity index (χ0v) is 14.1. The molecule has 0 aliphatic heterocycles. The second kappa shape index (κ2) is 7.63. The third-order valence-corrected chi connectivity index (χ3v) is 6.13. The maximum Gasteiger partial charge on any atom is 0.247 e. The molecule has 0 heterocycles. The number of amides is 1. The minimum absolute atomic E-state index is 0.160. The van der Waals surface area contributed by atoms with E-state index < -0.39 is 21.7 Å². The molecule has 1 unspecified atom stereocenters. The summed E-state index contributed by atoms with van der Waals surface area (Å²) in [5.41, 5.74) is 1.47. The van der Waals surface area contributed by atoms with Gasteiger partial charge in [-0.25, -0.2) is 13.9 Å². The molecule has 0 saturated heterocycles. The molecule has 0 aromatic heterocycles. The fourth-order valence-electron chi connectivity index (χ4n) is 1.95. The van der Waals surface area contributed by atoms with Gasteiger partial charge in [-0.15, -0.1) is 0 Å². The number of hydrogen-bond donors (Lipinski definition) is 2. The van der Waals surface area contributed by atoms with E-state index in [1.165, 1.54) is 36.3 Å². The fourth-order valence-corrected chi connectivity index (χ4v) is 4.34. The summed E-state index contributed by atoms with van der Waals surface area (Å²) >= 11 is 1.54. The standard InChI is InChI=1S/C16H17NO4S2/c1-12(16(18)17-19)11-23(20,21)15-9-7-14(8-10-15)22-13-5-3-2-4-6-13/h2-10,12,19H,11H2,1H3,(H,17,18). The molecule has 2 rings (SSSR count). The first-order valence-electron chi connectivity index (χ1n) is 6.92. The average molecular weight is 351 g/mol. The molecule has 122 valence electrons. The number of carbonyl (C=O) groups is 1. The average Bonchev–Trinajstić information content (AvgIpc) is 2.55. The van der Waals surface area contributed by atoms with Gasteiger partial charge in [0.05, 0.1) is 16.6 Å². The molecule has 2 aromatic carbocycles. The summed E-state index contributed by atoms with van der Waals surface area (Å²) in [7, 11) is -3.59. The van der Waals surface area contributed by atoms with E-state index in [2.05, 4.69) is 0 Å². The highest BCUT2D eigenvalue weighted by Gasteiger charge is 2.23. The number of rotatable bonds is 6. The Hall–Kier alpha value is -1.83. The Kier molecular flexibility index (Phi) is 5.81. The van der Waals surface area contributed by atoms with Crippen LogP contribution in [0.4, 0.5) is 0 Å². The fraction of sp³-hybridized carbons (Fsp3) is 0.188. The van der Waals surface area contributed by atoms with Crippen LogP contribution in [0.15, 0.2) is 69.3 Å². The van der Waals surface area contributed by atoms with Crippen molar-refractivity contribution >= 4 is 27.5 Å². The van der Waals surface area contributed by atoms with Gasteiger partial charge in [-0.1, -0.05) is 36.9 Å². The van der Waals surface area contributed by atoms with Crippen LogP contribution in [0.1, 0.15) is 6.92 Å². The van der Waals surface area contributed by atoms with Crippen molar-refractivity contribution in [3.05, 3.63) is 54.6 Å². The van der Waals surface area contributed by atoms with Gasteiger partial charge in [0.1, 0.15) is 0 Å². The minimum Gasteiger partial charge on any atom is -0.289 e. The summed E-state index contributed by atoms with van der Waals surface area (Å²) in [5, 5.41) is 8.55. The van der Waals surface area contributed by atoms with E-state index >= 15 is 0 Å². The van der Waals surface area contributed by atoms with Crippen LogP contribution in [0.2, 0.25) is 0 Å². The van der Waals surface area contributed by atoms with Gasteiger partial charge in [0.25, 0.3) is 0 Å². The molecule has 0 radical (unpaired) electrons. The summed E-state index contributed by atoms with van der Waals surface area (Å²) in [4.78, 5) is 13.4. The SMILES string of the molecule is CC(CS(=O)(=O)c1ccc(Sc2ccccc2)cc1)C(=O)NO.